The second-order valence-corrected chi connectivity index (χ2v) is 5.92. The van der Waals surface area contributed by atoms with Crippen LogP contribution in [0.25, 0.3) is 0 Å². The van der Waals surface area contributed by atoms with Crippen LogP contribution in [0.5, 0.6) is 0 Å². The molecule has 120 valence electrons. The van der Waals surface area contributed by atoms with Crippen LogP contribution in [-0.4, -0.2) is 105 Å². The van der Waals surface area contributed by atoms with E-state index in [1.54, 1.807) is 23.9 Å². The fraction of sp³-hybridized carbons (Fsp3) is 0.857. The van der Waals surface area contributed by atoms with E-state index in [0.717, 1.165) is 32.6 Å². The number of urea groups is 1. The monoisotopic (exact) mass is 297 g/mol. The lowest BCUT2D eigenvalue weighted by Crippen LogP contribution is -2.54. The molecule has 0 bridgehead atoms. The van der Waals surface area contributed by atoms with Gasteiger partial charge >= 0.3 is 6.03 Å². The quantitative estimate of drug-likeness (QED) is 0.718. The SMILES string of the molecule is CN(C)C(=O)N1CCN(C(=O)CN2CCCNCC2)CC1. The molecule has 0 radical (unpaired) electrons. The van der Waals surface area contributed by atoms with Gasteiger partial charge in [0.2, 0.25) is 5.91 Å². The Labute approximate surface area is 126 Å². The molecule has 2 aliphatic rings. The highest BCUT2D eigenvalue weighted by Gasteiger charge is 2.25. The Bertz CT molecular complexity index is 358. The summed E-state index contributed by atoms with van der Waals surface area (Å²) in [7, 11) is 3.51. The summed E-state index contributed by atoms with van der Waals surface area (Å²) in [6.07, 6.45) is 1.10. The van der Waals surface area contributed by atoms with Crippen molar-refractivity contribution in [2.45, 2.75) is 6.42 Å². The average molecular weight is 297 g/mol. The van der Waals surface area contributed by atoms with Crippen LogP contribution in [0.2, 0.25) is 0 Å². The first-order valence-corrected chi connectivity index (χ1v) is 7.75. The van der Waals surface area contributed by atoms with Gasteiger partial charge in [0, 0.05) is 53.4 Å². The summed E-state index contributed by atoms with van der Waals surface area (Å²) in [6.45, 7) is 6.96. The largest absolute Gasteiger partial charge is 0.338 e. The van der Waals surface area contributed by atoms with Gasteiger partial charge < -0.3 is 20.0 Å². The number of rotatable bonds is 2. The van der Waals surface area contributed by atoms with Crippen molar-refractivity contribution in [2.75, 3.05) is 73.0 Å². The molecular formula is C14H27N5O2. The molecule has 7 heteroatoms. The van der Waals surface area contributed by atoms with E-state index in [2.05, 4.69) is 10.2 Å². The van der Waals surface area contributed by atoms with Crippen LogP contribution in [0.4, 0.5) is 4.79 Å². The molecule has 3 amide bonds. The van der Waals surface area contributed by atoms with Crippen molar-refractivity contribution in [1.82, 2.24) is 24.9 Å². The Morgan fingerprint density at radius 3 is 2.29 bits per heavy atom. The van der Waals surface area contributed by atoms with Gasteiger partial charge in [-0.25, -0.2) is 4.79 Å². The number of amides is 3. The minimum absolute atomic E-state index is 0.0284. The third-order valence-electron chi connectivity index (χ3n) is 4.08. The van der Waals surface area contributed by atoms with E-state index < -0.39 is 0 Å². The molecular weight excluding hydrogens is 270 g/mol. The molecule has 0 aromatic heterocycles. The molecule has 2 heterocycles. The van der Waals surface area contributed by atoms with Gasteiger partial charge in [-0.1, -0.05) is 0 Å². The second kappa shape index (κ2) is 7.61. The third kappa shape index (κ3) is 4.57. The lowest BCUT2D eigenvalue weighted by Gasteiger charge is -2.36. The molecule has 0 aromatic carbocycles. The number of hydrogen-bond donors (Lipinski definition) is 1. The molecule has 7 nitrogen and oxygen atoms in total. The number of piperazine rings is 1. The van der Waals surface area contributed by atoms with Gasteiger partial charge in [-0.2, -0.15) is 0 Å². The maximum absolute atomic E-state index is 12.3. The number of nitrogens with zero attached hydrogens (tertiary/aromatic N) is 4. The Morgan fingerprint density at radius 2 is 1.62 bits per heavy atom. The normalized spacial score (nSPS) is 21.0. The van der Waals surface area contributed by atoms with Gasteiger partial charge in [-0.05, 0) is 19.5 Å². The van der Waals surface area contributed by atoms with E-state index in [4.69, 9.17) is 0 Å². The van der Waals surface area contributed by atoms with Crippen LogP contribution in [0.1, 0.15) is 6.42 Å². The Kier molecular flexibility index (Phi) is 5.81. The molecule has 21 heavy (non-hydrogen) atoms. The molecule has 1 N–H and O–H groups in total. The van der Waals surface area contributed by atoms with Crippen molar-refractivity contribution in [2.24, 2.45) is 0 Å². The van der Waals surface area contributed by atoms with Gasteiger partial charge in [0.05, 0.1) is 6.54 Å². The Morgan fingerprint density at radius 1 is 0.952 bits per heavy atom. The summed E-state index contributed by atoms with van der Waals surface area (Å²) in [4.78, 5) is 31.7. The van der Waals surface area contributed by atoms with E-state index in [1.807, 2.05) is 4.90 Å². The lowest BCUT2D eigenvalue weighted by atomic mass is 10.3. The molecule has 2 saturated heterocycles. The topological polar surface area (TPSA) is 59.1 Å². The molecule has 0 spiro atoms. The maximum atomic E-state index is 12.3. The van der Waals surface area contributed by atoms with Crippen LogP contribution >= 0.6 is 0 Å². The first kappa shape index (κ1) is 16.0. The summed E-state index contributed by atoms with van der Waals surface area (Å²) in [5.41, 5.74) is 0. The first-order chi connectivity index (χ1) is 10.1. The highest BCUT2D eigenvalue weighted by molar-refractivity contribution is 5.79. The number of carbonyl (C=O) groups excluding carboxylic acids is 2. The summed E-state index contributed by atoms with van der Waals surface area (Å²) in [5.74, 6) is 0.189. The van der Waals surface area contributed by atoms with Gasteiger partial charge in [-0.3, -0.25) is 9.69 Å². The van der Waals surface area contributed by atoms with Crippen molar-refractivity contribution in [1.29, 1.82) is 0 Å². The fourth-order valence-electron chi connectivity index (χ4n) is 2.78. The van der Waals surface area contributed by atoms with Crippen LogP contribution in [0.15, 0.2) is 0 Å². The van der Waals surface area contributed by atoms with E-state index in [-0.39, 0.29) is 11.9 Å². The minimum atomic E-state index is 0.0284. The van der Waals surface area contributed by atoms with Crippen LogP contribution in [-0.2, 0) is 4.79 Å². The van der Waals surface area contributed by atoms with Gasteiger partial charge in [0.1, 0.15) is 0 Å². The van der Waals surface area contributed by atoms with Crippen LogP contribution < -0.4 is 5.32 Å². The summed E-state index contributed by atoms with van der Waals surface area (Å²) < 4.78 is 0. The standard InChI is InChI=1S/C14H27N5O2/c1-16(2)14(21)19-10-8-18(9-11-19)13(20)12-17-6-3-4-15-5-7-17/h15H,3-12H2,1-2H3. The van der Waals surface area contributed by atoms with Crippen molar-refractivity contribution in [3.63, 3.8) is 0 Å². The first-order valence-electron chi connectivity index (χ1n) is 7.75. The molecule has 2 fully saturated rings. The molecule has 0 aromatic rings. The zero-order valence-electron chi connectivity index (χ0n) is 13.2. The van der Waals surface area contributed by atoms with Crippen molar-refractivity contribution in [3.05, 3.63) is 0 Å². The van der Waals surface area contributed by atoms with Crippen LogP contribution in [0.3, 0.4) is 0 Å². The Balaban J connectivity index is 1.76. The zero-order chi connectivity index (χ0) is 15.2. The Hall–Kier alpha value is -1.34. The predicted octanol–water partition coefficient (Wildman–Crippen LogP) is -0.892. The predicted molar refractivity (Wildman–Crippen MR) is 81.2 cm³/mol. The zero-order valence-corrected chi connectivity index (χ0v) is 13.2. The molecule has 2 rings (SSSR count). The third-order valence-corrected chi connectivity index (χ3v) is 4.08. The molecule has 0 saturated carbocycles. The minimum Gasteiger partial charge on any atom is -0.338 e. The molecule has 2 aliphatic heterocycles. The van der Waals surface area contributed by atoms with Crippen molar-refractivity contribution >= 4 is 11.9 Å². The number of carbonyl (C=O) groups is 2. The fourth-order valence-corrected chi connectivity index (χ4v) is 2.78. The summed E-state index contributed by atoms with van der Waals surface area (Å²) in [5, 5.41) is 3.34. The lowest BCUT2D eigenvalue weighted by molar-refractivity contribution is -0.133. The molecule has 0 unspecified atom stereocenters. The summed E-state index contributed by atoms with van der Waals surface area (Å²) >= 11 is 0. The summed E-state index contributed by atoms with van der Waals surface area (Å²) in [6, 6.07) is 0.0284. The second-order valence-electron chi connectivity index (χ2n) is 5.92. The van der Waals surface area contributed by atoms with Gasteiger partial charge in [0.25, 0.3) is 0 Å². The highest BCUT2D eigenvalue weighted by atomic mass is 16.2. The average Bonchev–Trinajstić information content (AvgIpc) is 2.75. The molecule has 0 atom stereocenters. The van der Waals surface area contributed by atoms with Crippen molar-refractivity contribution in [3.8, 4) is 0 Å². The van der Waals surface area contributed by atoms with Gasteiger partial charge in [-0.15, -0.1) is 0 Å². The van der Waals surface area contributed by atoms with E-state index in [9.17, 15) is 9.59 Å². The smallest absolute Gasteiger partial charge is 0.319 e. The van der Waals surface area contributed by atoms with Crippen LogP contribution in [0, 0.1) is 0 Å². The van der Waals surface area contributed by atoms with E-state index >= 15 is 0 Å². The number of hydrogen-bond acceptors (Lipinski definition) is 4. The maximum Gasteiger partial charge on any atom is 0.319 e. The highest BCUT2D eigenvalue weighted by Crippen LogP contribution is 2.06. The van der Waals surface area contributed by atoms with Crippen molar-refractivity contribution < 1.29 is 9.59 Å². The number of nitrogens with one attached hydrogen (secondary N) is 1. The molecule has 0 aliphatic carbocycles. The van der Waals surface area contributed by atoms with E-state index in [1.165, 1.54) is 0 Å². The van der Waals surface area contributed by atoms with E-state index in [0.29, 0.717) is 32.7 Å². The van der Waals surface area contributed by atoms with Gasteiger partial charge in [0.15, 0.2) is 0 Å².